The van der Waals surface area contributed by atoms with Crippen LogP contribution >= 0.6 is 0 Å². The summed E-state index contributed by atoms with van der Waals surface area (Å²) in [6, 6.07) is 2.40. The molecule has 0 radical (unpaired) electrons. The molecule has 1 aromatic rings. The van der Waals surface area contributed by atoms with Crippen LogP contribution < -0.4 is 20.9 Å². The van der Waals surface area contributed by atoms with Gasteiger partial charge < -0.3 is 0 Å². The number of allylic oxidation sites excluding steroid dienone is 4. The maximum absolute atomic E-state index is 2.49. The Morgan fingerprint density at radius 1 is 1.00 bits per heavy atom. The van der Waals surface area contributed by atoms with Crippen LogP contribution in [0.25, 0.3) is 23.8 Å². The van der Waals surface area contributed by atoms with Crippen molar-refractivity contribution in [1.82, 2.24) is 0 Å². The minimum atomic E-state index is 0.553. The highest BCUT2D eigenvalue weighted by molar-refractivity contribution is 5.68. The molecule has 2 unspecified atom stereocenters. The average Bonchev–Trinajstić information content (AvgIpc) is 2.49. The second kappa shape index (κ2) is 4.34. The summed E-state index contributed by atoms with van der Waals surface area (Å²) in [4.78, 5) is 0. The van der Waals surface area contributed by atoms with E-state index in [4.69, 9.17) is 0 Å². The molecule has 4 rings (SSSR count). The predicted octanol–water partition coefficient (Wildman–Crippen LogP) is 1.67. The van der Waals surface area contributed by atoms with Gasteiger partial charge >= 0.3 is 0 Å². The number of aryl methyl sites for hydroxylation is 1. The molecule has 0 heterocycles. The lowest BCUT2D eigenvalue weighted by molar-refractivity contribution is 0.648. The highest BCUT2D eigenvalue weighted by Crippen LogP contribution is 2.28. The van der Waals surface area contributed by atoms with Gasteiger partial charge in [0.1, 0.15) is 0 Å². The van der Waals surface area contributed by atoms with Gasteiger partial charge in [-0.25, -0.2) is 0 Å². The highest BCUT2D eigenvalue weighted by Gasteiger charge is 2.22. The SMILES string of the molecule is Cc1cc2c(c3c1=CCCC=3)=CC(C)C1C=CC=CC=21. The van der Waals surface area contributed by atoms with Crippen LogP contribution in [0.1, 0.15) is 25.3 Å². The molecule has 0 N–H and O–H groups in total. The van der Waals surface area contributed by atoms with Crippen LogP contribution in [0.4, 0.5) is 0 Å². The van der Waals surface area contributed by atoms with E-state index in [-0.39, 0.29) is 0 Å². The topological polar surface area (TPSA) is 0 Å². The smallest absolute Gasteiger partial charge is 0.00877 e. The lowest BCUT2D eigenvalue weighted by atomic mass is 9.78. The Kier molecular flexibility index (Phi) is 2.60. The molecular weight excluding hydrogens is 240 g/mol. The van der Waals surface area contributed by atoms with Gasteiger partial charge in [0.25, 0.3) is 0 Å². The monoisotopic (exact) mass is 260 g/mol. The standard InChI is InChI=1S/C20H20/c1-13-11-19-18-10-6-4-8-16(18)14(2)12-20(19)17-9-5-3-7-15(13)17/h3,5,7-13,15H,4,6H2,1-2H3. The van der Waals surface area contributed by atoms with E-state index in [0.717, 1.165) is 0 Å². The largest absolute Gasteiger partial charge is 0.0764 e. The Hall–Kier alpha value is -1.82. The summed E-state index contributed by atoms with van der Waals surface area (Å²) in [6.45, 7) is 4.60. The van der Waals surface area contributed by atoms with Gasteiger partial charge in [-0.05, 0) is 57.7 Å². The van der Waals surface area contributed by atoms with Crippen molar-refractivity contribution in [3.63, 3.8) is 0 Å². The third kappa shape index (κ3) is 1.61. The van der Waals surface area contributed by atoms with Gasteiger partial charge in [-0.1, -0.05) is 55.5 Å². The molecule has 1 aromatic carbocycles. The minimum absolute atomic E-state index is 0.553. The van der Waals surface area contributed by atoms with Crippen molar-refractivity contribution in [3.8, 4) is 0 Å². The molecule has 3 aliphatic rings. The Morgan fingerprint density at radius 3 is 2.65 bits per heavy atom. The zero-order valence-electron chi connectivity index (χ0n) is 12.2. The maximum atomic E-state index is 2.49. The van der Waals surface area contributed by atoms with Crippen molar-refractivity contribution < 1.29 is 0 Å². The molecule has 2 atom stereocenters. The first-order valence-electron chi connectivity index (χ1n) is 7.66. The van der Waals surface area contributed by atoms with Crippen molar-refractivity contribution in [1.29, 1.82) is 0 Å². The summed E-state index contributed by atoms with van der Waals surface area (Å²) in [5, 5.41) is 5.87. The highest BCUT2D eigenvalue weighted by atomic mass is 14.3. The molecule has 0 saturated carbocycles. The third-order valence-corrected chi connectivity index (χ3v) is 4.89. The first-order valence-corrected chi connectivity index (χ1v) is 7.66. The van der Waals surface area contributed by atoms with Gasteiger partial charge in [0, 0.05) is 5.92 Å². The molecule has 0 saturated heterocycles. The zero-order valence-corrected chi connectivity index (χ0v) is 12.2. The van der Waals surface area contributed by atoms with Gasteiger partial charge in [-0.15, -0.1) is 0 Å². The van der Waals surface area contributed by atoms with Crippen molar-refractivity contribution >= 4 is 23.8 Å². The van der Waals surface area contributed by atoms with Crippen LogP contribution in [0.5, 0.6) is 0 Å². The molecular formula is C20H20. The summed E-state index contributed by atoms with van der Waals surface area (Å²) in [5.74, 6) is 1.14. The van der Waals surface area contributed by atoms with Crippen LogP contribution in [-0.4, -0.2) is 0 Å². The number of fused-ring (bicyclic) bond motifs is 4. The van der Waals surface area contributed by atoms with E-state index < -0.39 is 0 Å². The second-order valence-corrected chi connectivity index (χ2v) is 6.22. The van der Waals surface area contributed by atoms with Gasteiger partial charge in [-0.3, -0.25) is 0 Å². The van der Waals surface area contributed by atoms with Crippen molar-refractivity contribution in [2.45, 2.75) is 26.7 Å². The summed E-state index contributed by atoms with van der Waals surface area (Å²) < 4.78 is 0. The molecule has 0 bridgehead atoms. The van der Waals surface area contributed by atoms with E-state index in [9.17, 15) is 0 Å². The molecule has 0 nitrogen and oxygen atoms in total. The average molecular weight is 260 g/mol. The lowest BCUT2D eigenvalue weighted by Crippen LogP contribution is -2.53. The summed E-state index contributed by atoms with van der Waals surface area (Å²) in [6.07, 6.45) is 18.7. The van der Waals surface area contributed by atoms with Crippen molar-refractivity contribution in [2.24, 2.45) is 11.8 Å². The Balaban J connectivity index is 2.24. The first kappa shape index (κ1) is 12.0. The predicted molar refractivity (Wildman–Crippen MR) is 86.7 cm³/mol. The van der Waals surface area contributed by atoms with E-state index in [1.807, 2.05) is 0 Å². The minimum Gasteiger partial charge on any atom is -0.0764 e. The molecule has 20 heavy (non-hydrogen) atoms. The Labute approximate surface area is 119 Å². The van der Waals surface area contributed by atoms with E-state index in [1.54, 1.807) is 0 Å². The molecule has 0 fully saturated rings. The second-order valence-electron chi connectivity index (χ2n) is 6.22. The summed E-state index contributed by atoms with van der Waals surface area (Å²) in [7, 11) is 0. The van der Waals surface area contributed by atoms with Gasteiger partial charge in [0.2, 0.25) is 0 Å². The van der Waals surface area contributed by atoms with Gasteiger partial charge in [-0.2, -0.15) is 0 Å². The molecule has 0 spiro atoms. The quantitative estimate of drug-likeness (QED) is 0.666. The maximum Gasteiger partial charge on any atom is 0.00877 e. The molecule has 0 amide bonds. The molecule has 100 valence electrons. The summed E-state index contributed by atoms with van der Waals surface area (Å²) in [5.41, 5.74) is 2.93. The van der Waals surface area contributed by atoms with Crippen LogP contribution in [0.2, 0.25) is 0 Å². The van der Waals surface area contributed by atoms with Crippen molar-refractivity contribution in [3.05, 3.63) is 56.8 Å². The first-order chi connectivity index (χ1) is 9.75. The van der Waals surface area contributed by atoms with E-state index in [0.29, 0.717) is 11.8 Å². The number of hydrogen-bond acceptors (Lipinski definition) is 0. The van der Waals surface area contributed by atoms with Crippen LogP contribution in [-0.2, 0) is 0 Å². The lowest BCUT2D eigenvalue weighted by Gasteiger charge is -2.26. The molecule has 0 heteroatoms. The Morgan fingerprint density at radius 2 is 1.80 bits per heavy atom. The number of benzene rings is 1. The molecule has 0 aliphatic heterocycles. The van der Waals surface area contributed by atoms with E-state index in [1.165, 1.54) is 44.9 Å². The fourth-order valence-corrected chi connectivity index (χ4v) is 3.89. The van der Waals surface area contributed by atoms with Gasteiger partial charge in [0.15, 0.2) is 0 Å². The fraction of sp³-hybridized carbons (Fsp3) is 0.300. The van der Waals surface area contributed by atoms with Crippen LogP contribution in [0.3, 0.4) is 0 Å². The van der Waals surface area contributed by atoms with Crippen LogP contribution in [0, 0.1) is 18.8 Å². The molecule has 0 aromatic heterocycles. The van der Waals surface area contributed by atoms with E-state index >= 15 is 0 Å². The number of hydrogen-bond donors (Lipinski definition) is 0. The Bertz CT molecular complexity index is 875. The molecule has 3 aliphatic carbocycles. The normalized spacial score (nSPS) is 25.8. The fourth-order valence-electron chi connectivity index (χ4n) is 3.89. The zero-order chi connectivity index (χ0) is 13.7. The third-order valence-electron chi connectivity index (χ3n) is 4.89. The number of rotatable bonds is 0. The van der Waals surface area contributed by atoms with Crippen molar-refractivity contribution in [2.75, 3.05) is 0 Å². The van der Waals surface area contributed by atoms with Crippen LogP contribution in [0.15, 0.2) is 30.4 Å². The van der Waals surface area contributed by atoms with Gasteiger partial charge in [0.05, 0.1) is 0 Å². The van der Waals surface area contributed by atoms with E-state index in [2.05, 4.69) is 62.4 Å². The summed E-state index contributed by atoms with van der Waals surface area (Å²) >= 11 is 0.